The smallest absolute Gasteiger partial charge is 0.258 e. The summed E-state index contributed by atoms with van der Waals surface area (Å²) in [6.45, 7) is 0. The molecule has 1 aliphatic rings. The van der Waals surface area contributed by atoms with Gasteiger partial charge in [-0.25, -0.2) is 0 Å². The van der Waals surface area contributed by atoms with E-state index in [0.29, 0.717) is 0 Å². The molecule has 0 bridgehead atoms. The lowest BCUT2D eigenvalue weighted by molar-refractivity contribution is -0.385. The summed E-state index contributed by atoms with van der Waals surface area (Å²) in [5.41, 5.74) is 8.09. The predicted octanol–water partition coefficient (Wildman–Crippen LogP) is 7.64. The van der Waals surface area contributed by atoms with Gasteiger partial charge in [0.1, 0.15) is 0 Å². The highest BCUT2D eigenvalue weighted by Gasteiger charge is 2.27. The Morgan fingerprint density at radius 3 is 1.68 bits per heavy atom. The monoisotopic (exact) mass is 444 g/mol. The van der Waals surface area contributed by atoms with E-state index in [-0.39, 0.29) is 11.4 Å². The second-order valence-electron chi connectivity index (χ2n) is 8.23. The topological polar surface area (TPSA) is 86.3 Å². The third kappa shape index (κ3) is 2.89. The summed E-state index contributed by atoms with van der Waals surface area (Å²) in [6, 6.07) is 29.6. The van der Waals surface area contributed by atoms with Gasteiger partial charge in [0.2, 0.25) is 0 Å². The Hall–Kier alpha value is -4.84. The highest BCUT2D eigenvalue weighted by Crippen LogP contribution is 2.54. The van der Waals surface area contributed by atoms with E-state index in [1.807, 2.05) is 18.2 Å². The molecule has 5 aromatic carbocycles. The van der Waals surface area contributed by atoms with Crippen molar-refractivity contribution >= 4 is 22.1 Å². The number of nitrogens with zero attached hydrogens (tertiary/aromatic N) is 2. The quantitative estimate of drug-likeness (QED) is 0.206. The summed E-state index contributed by atoms with van der Waals surface area (Å²) in [5, 5.41) is 24.7. The molecule has 0 aliphatic heterocycles. The maximum absolute atomic E-state index is 11.2. The SMILES string of the molecule is O=[N+]([O-])c1ccc(-c2cc3cccc4c3c(c2-c2ccc([N+](=O)[O-])cc2)-c2ccccc2-4)cc1. The van der Waals surface area contributed by atoms with Gasteiger partial charge in [-0.2, -0.15) is 0 Å². The van der Waals surface area contributed by atoms with Crippen LogP contribution in [-0.4, -0.2) is 9.85 Å². The van der Waals surface area contributed by atoms with Gasteiger partial charge in [0, 0.05) is 24.3 Å². The minimum absolute atomic E-state index is 0.0265. The minimum Gasteiger partial charge on any atom is -0.258 e. The zero-order chi connectivity index (χ0) is 23.4. The van der Waals surface area contributed by atoms with Crippen molar-refractivity contribution in [3.8, 4) is 44.5 Å². The number of benzene rings is 5. The van der Waals surface area contributed by atoms with Crippen molar-refractivity contribution in [3.05, 3.63) is 117 Å². The fourth-order valence-electron chi connectivity index (χ4n) is 4.93. The molecule has 0 N–H and O–H groups in total. The zero-order valence-corrected chi connectivity index (χ0v) is 17.8. The van der Waals surface area contributed by atoms with E-state index in [1.165, 1.54) is 24.3 Å². The minimum atomic E-state index is -0.413. The zero-order valence-electron chi connectivity index (χ0n) is 17.8. The van der Waals surface area contributed by atoms with E-state index in [4.69, 9.17) is 0 Å². The molecule has 5 aromatic rings. The highest BCUT2D eigenvalue weighted by molar-refractivity contribution is 6.21. The molecule has 1 aliphatic carbocycles. The fourth-order valence-corrected chi connectivity index (χ4v) is 4.93. The lowest BCUT2D eigenvalue weighted by atomic mass is 9.86. The third-order valence-corrected chi connectivity index (χ3v) is 6.41. The van der Waals surface area contributed by atoms with Crippen LogP contribution in [-0.2, 0) is 0 Å². The maximum Gasteiger partial charge on any atom is 0.269 e. The van der Waals surface area contributed by atoms with Gasteiger partial charge in [-0.15, -0.1) is 0 Å². The van der Waals surface area contributed by atoms with Crippen molar-refractivity contribution in [2.75, 3.05) is 0 Å². The highest BCUT2D eigenvalue weighted by atomic mass is 16.6. The summed E-state index contributed by atoms with van der Waals surface area (Å²) < 4.78 is 0. The van der Waals surface area contributed by atoms with Crippen LogP contribution in [0.3, 0.4) is 0 Å². The molecule has 0 radical (unpaired) electrons. The van der Waals surface area contributed by atoms with E-state index >= 15 is 0 Å². The Kier molecular flexibility index (Phi) is 4.28. The molecule has 0 heterocycles. The molecule has 6 nitrogen and oxygen atoms in total. The predicted molar refractivity (Wildman–Crippen MR) is 133 cm³/mol. The number of hydrogen-bond donors (Lipinski definition) is 0. The Labute approximate surface area is 194 Å². The van der Waals surface area contributed by atoms with Gasteiger partial charge in [-0.05, 0) is 85.6 Å². The average Bonchev–Trinajstić information content (AvgIpc) is 3.20. The van der Waals surface area contributed by atoms with Crippen molar-refractivity contribution in [1.82, 2.24) is 0 Å². The van der Waals surface area contributed by atoms with Gasteiger partial charge >= 0.3 is 0 Å². The van der Waals surface area contributed by atoms with Crippen molar-refractivity contribution in [2.24, 2.45) is 0 Å². The van der Waals surface area contributed by atoms with E-state index < -0.39 is 9.85 Å². The molecule has 6 heteroatoms. The first-order valence-electron chi connectivity index (χ1n) is 10.7. The molecule has 0 saturated heterocycles. The van der Waals surface area contributed by atoms with Crippen molar-refractivity contribution in [2.45, 2.75) is 0 Å². The van der Waals surface area contributed by atoms with Crippen LogP contribution in [0.1, 0.15) is 0 Å². The van der Waals surface area contributed by atoms with Crippen molar-refractivity contribution < 1.29 is 9.85 Å². The number of non-ortho nitro benzene ring substituents is 2. The van der Waals surface area contributed by atoms with Crippen LogP contribution >= 0.6 is 0 Å². The van der Waals surface area contributed by atoms with E-state index in [1.54, 1.807) is 24.3 Å². The summed E-state index contributed by atoms with van der Waals surface area (Å²) >= 11 is 0. The number of nitro benzene ring substituents is 2. The number of hydrogen-bond acceptors (Lipinski definition) is 4. The van der Waals surface area contributed by atoms with E-state index in [9.17, 15) is 20.2 Å². The molecule has 0 aromatic heterocycles. The molecule has 0 spiro atoms. The molecular weight excluding hydrogens is 428 g/mol. The first-order chi connectivity index (χ1) is 16.5. The second-order valence-corrected chi connectivity index (χ2v) is 8.23. The molecule has 162 valence electrons. The molecular formula is C28H16N2O4. The lowest BCUT2D eigenvalue weighted by Crippen LogP contribution is -1.93. The van der Waals surface area contributed by atoms with Gasteiger partial charge in [-0.1, -0.05) is 42.5 Å². The van der Waals surface area contributed by atoms with Crippen molar-refractivity contribution in [3.63, 3.8) is 0 Å². The fraction of sp³-hybridized carbons (Fsp3) is 0. The summed E-state index contributed by atoms with van der Waals surface area (Å²) in [5.74, 6) is 0. The van der Waals surface area contributed by atoms with Crippen LogP contribution in [0.4, 0.5) is 11.4 Å². The second kappa shape index (κ2) is 7.35. The molecule has 0 saturated carbocycles. The molecule has 34 heavy (non-hydrogen) atoms. The first-order valence-corrected chi connectivity index (χ1v) is 10.7. The standard InChI is InChI=1S/C28H16N2O4/c31-29(32)20-12-8-17(9-13-20)25-16-19-4-3-7-23-22-5-1-2-6-24(22)28(27(19)23)26(25)18-10-14-21(15-11-18)30(33)34/h1-16H. The molecule has 0 unspecified atom stereocenters. The summed E-state index contributed by atoms with van der Waals surface area (Å²) in [6.07, 6.45) is 0. The van der Waals surface area contributed by atoms with Crippen LogP contribution in [0.2, 0.25) is 0 Å². The third-order valence-electron chi connectivity index (χ3n) is 6.41. The van der Waals surface area contributed by atoms with Gasteiger partial charge < -0.3 is 0 Å². The number of fused-ring (bicyclic) bond motifs is 3. The maximum atomic E-state index is 11.2. The first kappa shape index (κ1) is 19.8. The van der Waals surface area contributed by atoms with Crippen LogP contribution < -0.4 is 0 Å². The van der Waals surface area contributed by atoms with Crippen LogP contribution in [0.15, 0.2) is 97.1 Å². The normalized spacial score (nSPS) is 11.4. The largest absolute Gasteiger partial charge is 0.269 e. The van der Waals surface area contributed by atoms with Crippen molar-refractivity contribution in [1.29, 1.82) is 0 Å². The Bertz CT molecular complexity index is 1640. The Morgan fingerprint density at radius 2 is 1.06 bits per heavy atom. The van der Waals surface area contributed by atoms with Crippen LogP contribution in [0.25, 0.3) is 55.3 Å². The molecule has 0 amide bonds. The van der Waals surface area contributed by atoms with Gasteiger partial charge in [0.05, 0.1) is 9.85 Å². The Morgan fingerprint density at radius 1 is 0.500 bits per heavy atom. The van der Waals surface area contributed by atoms with Crippen LogP contribution in [0, 0.1) is 20.2 Å². The molecule has 6 rings (SSSR count). The van der Waals surface area contributed by atoms with E-state index in [2.05, 4.69) is 30.3 Å². The molecule has 0 atom stereocenters. The molecule has 0 fully saturated rings. The van der Waals surface area contributed by atoms with E-state index in [0.717, 1.165) is 55.3 Å². The average molecular weight is 444 g/mol. The summed E-state index contributed by atoms with van der Waals surface area (Å²) in [4.78, 5) is 21.6. The Balaban J connectivity index is 1.72. The number of nitro groups is 2. The van der Waals surface area contributed by atoms with Gasteiger partial charge in [0.25, 0.3) is 11.4 Å². The van der Waals surface area contributed by atoms with Gasteiger partial charge in [0.15, 0.2) is 0 Å². The van der Waals surface area contributed by atoms with Crippen LogP contribution in [0.5, 0.6) is 0 Å². The number of rotatable bonds is 4. The lowest BCUT2D eigenvalue weighted by Gasteiger charge is -2.17. The summed E-state index contributed by atoms with van der Waals surface area (Å²) in [7, 11) is 0. The van der Waals surface area contributed by atoms with Gasteiger partial charge in [-0.3, -0.25) is 20.2 Å².